The van der Waals surface area contributed by atoms with E-state index >= 15 is 0 Å². The van der Waals surface area contributed by atoms with Gasteiger partial charge in [-0.25, -0.2) is 0 Å². The second-order valence-electron chi connectivity index (χ2n) is 5.67. The molecule has 0 amide bonds. The van der Waals surface area contributed by atoms with Crippen LogP contribution in [0, 0.1) is 0 Å². The fraction of sp³-hybridized carbons (Fsp3) is 0.368. The lowest BCUT2D eigenvalue weighted by Crippen LogP contribution is -2.47. The summed E-state index contributed by atoms with van der Waals surface area (Å²) >= 11 is 5.54. The largest absolute Gasteiger partial charge is 0.870 e. The van der Waals surface area contributed by atoms with Crippen LogP contribution in [0.4, 0.5) is 0 Å². The van der Waals surface area contributed by atoms with Gasteiger partial charge >= 0.3 is 7.60 Å². The van der Waals surface area contributed by atoms with Crippen LogP contribution in [0.1, 0.15) is 38.8 Å². The molecule has 0 aliphatic heterocycles. The topological polar surface area (TPSA) is 82.5 Å². The Morgan fingerprint density at radius 3 is 2.70 bits per heavy atom. The maximum atomic E-state index is 12.8. The predicted octanol–water partition coefficient (Wildman–Crippen LogP) is 4.34. The Bertz CT molecular complexity index is 804. The zero-order valence-corrected chi connectivity index (χ0v) is 17.5. The Morgan fingerprint density at radius 1 is 1.33 bits per heavy atom. The first kappa shape index (κ1) is 23.4. The van der Waals surface area contributed by atoms with Gasteiger partial charge in [0.25, 0.3) is 4.99 Å². The summed E-state index contributed by atoms with van der Waals surface area (Å²) in [5, 5.41) is 0. The standard InChI is InChI=1S/C19H25NO4PS.H2O/c1-4-6-10-16(5-2)17-11-7-8-13-20(17)18(26)15-24-25(21,22-3)19-12-9-14-23-19;/h5,7-9,11-14H,4,6,10,15H2,1-3H3;1H2/q+1;/p-1. The SMILES string of the molecule is CC=C(CCCC)c1cccc[n+]1C(=S)COP(=O)(OC)c1ccco1.[OH-]. The molecule has 0 saturated carbocycles. The Balaban J connectivity index is 0.00000364. The van der Waals surface area contributed by atoms with Gasteiger partial charge in [-0.1, -0.05) is 19.4 Å². The molecule has 0 fully saturated rings. The van der Waals surface area contributed by atoms with E-state index in [-0.39, 0.29) is 17.6 Å². The summed E-state index contributed by atoms with van der Waals surface area (Å²) in [4.78, 5) is 0.500. The number of nitrogens with zero attached hydrogens (tertiary/aromatic N) is 1. The van der Waals surface area contributed by atoms with Gasteiger partial charge in [0.1, 0.15) is 0 Å². The predicted molar refractivity (Wildman–Crippen MR) is 109 cm³/mol. The number of furan rings is 1. The number of aromatic nitrogens is 1. The van der Waals surface area contributed by atoms with Gasteiger partial charge in [-0.15, -0.1) is 0 Å². The molecular weight excluding hydrogens is 385 g/mol. The first-order valence-electron chi connectivity index (χ1n) is 8.59. The average molecular weight is 411 g/mol. The van der Waals surface area contributed by atoms with E-state index in [0.29, 0.717) is 4.99 Å². The van der Waals surface area contributed by atoms with Crippen LogP contribution in [0.25, 0.3) is 5.57 Å². The van der Waals surface area contributed by atoms with Crippen molar-refractivity contribution in [2.45, 2.75) is 33.1 Å². The third-order valence-electron chi connectivity index (χ3n) is 3.98. The molecule has 0 aliphatic carbocycles. The lowest BCUT2D eigenvalue weighted by atomic mass is 10.0. The maximum absolute atomic E-state index is 12.8. The van der Waals surface area contributed by atoms with Crippen LogP contribution < -0.4 is 10.1 Å². The van der Waals surface area contributed by atoms with Crippen molar-refractivity contribution in [3.8, 4) is 0 Å². The highest BCUT2D eigenvalue weighted by atomic mass is 32.1. The zero-order valence-electron chi connectivity index (χ0n) is 15.8. The van der Waals surface area contributed by atoms with Gasteiger partial charge in [0.15, 0.2) is 12.8 Å². The lowest BCUT2D eigenvalue weighted by Gasteiger charge is -2.13. The van der Waals surface area contributed by atoms with Crippen molar-refractivity contribution >= 4 is 35.9 Å². The molecule has 6 nitrogen and oxygen atoms in total. The highest BCUT2D eigenvalue weighted by Gasteiger charge is 2.31. The molecule has 0 radical (unpaired) electrons. The number of pyridine rings is 1. The summed E-state index contributed by atoms with van der Waals surface area (Å²) in [6.45, 7) is 4.17. The number of hydrogen-bond donors (Lipinski definition) is 0. The Hall–Kier alpha value is -1.63. The van der Waals surface area contributed by atoms with Gasteiger partial charge in [-0.05, 0) is 50.2 Å². The molecule has 1 unspecified atom stereocenters. The minimum absolute atomic E-state index is 0. The number of hydrogen-bond acceptors (Lipinski definition) is 6. The maximum Gasteiger partial charge on any atom is 0.396 e. The molecule has 0 aliphatic rings. The van der Waals surface area contributed by atoms with E-state index in [2.05, 4.69) is 13.0 Å². The van der Waals surface area contributed by atoms with E-state index < -0.39 is 7.60 Å². The molecule has 2 rings (SSSR count). The van der Waals surface area contributed by atoms with E-state index in [1.54, 1.807) is 12.1 Å². The van der Waals surface area contributed by atoms with Gasteiger partial charge in [0.2, 0.25) is 11.2 Å². The summed E-state index contributed by atoms with van der Waals surface area (Å²) in [7, 11) is -2.20. The van der Waals surface area contributed by atoms with E-state index in [1.165, 1.54) is 18.9 Å². The van der Waals surface area contributed by atoms with Crippen molar-refractivity contribution in [2.24, 2.45) is 0 Å². The number of rotatable bonds is 9. The normalized spacial score (nSPS) is 13.7. The Labute approximate surface area is 165 Å². The molecule has 8 heteroatoms. The van der Waals surface area contributed by atoms with Crippen LogP contribution in [-0.4, -0.2) is 24.2 Å². The Morgan fingerprint density at radius 2 is 2.11 bits per heavy atom. The summed E-state index contributed by atoms with van der Waals surface area (Å²) in [5.74, 6) is 0. The summed E-state index contributed by atoms with van der Waals surface area (Å²) in [6, 6.07) is 9.12. The Kier molecular flexibility index (Phi) is 9.77. The van der Waals surface area contributed by atoms with Crippen LogP contribution >= 0.6 is 19.8 Å². The van der Waals surface area contributed by atoms with Gasteiger partial charge in [0, 0.05) is 24.8 Å². The highest BCUT2D eigenvalue weighted by molar-refractivity contribution is 7.80. The van der Waals surface area contributed by atoms with Crippen molar-refractivity contribution in [2.75, 3.05) is 13.7 Å². The minimum atomic E-state index is -3.52. The molecule has 0 aromatic carbocycles. The quantitative estimate of drug-likeness (QED) is 0.347. The summed E-state index contributed by atoms with van der Waals surface area (Å²) < 4.78 is 30.5. The van der Waals surface area contributed by atoms with Crippen molar-refractivity contribution < 1.29 is 28.1 Å². The molecule has 1 atom stereocenters. The molecular formula is C19H26NO5PS. The molecule has 2 heterocycles. The van der Waals surface area contributed by atoms with Crippen LogP contribution in [-0.2, 0) is 13.6 Å². The van der Waals surface area contributed by atoms with E-state index in [4.69, 9.17) is 25.7 Å². The van der Waals surface area contributed by atoms with Crippen LogP contribution in [0.2, 0.25) is 0 Å². The average Bonchev–Trinajstić information content (AvgIpc) is 3.22. The summed E-state index contributed by atoms with van der Waals surface area (Å²) in [6.07, 6.45) is 8.63. The van der Waals surface area contributed by atoms with Crippen LogP contribution in [0.15, 0.2) is 53.3 Å². The number of thiocarbonyl (C=S) groups is 1. The molecule has 27 heavy (non-hydrogen) atoms. The second kappa shape index (κ2) is 11.3. The van der Waals surface area contributed by atoms with Crippen molar-refractivity contribution in [3.63, 3.8) is 0 Å². The van der Waals surface area contributed by atoms with Crippen LogP contribution in [0.3, 0.4) is 0 Å². The number of unbranched alkanes of at least 4 members (excludes halogenated alkanes) is 1. The van der Waals surface area contributed by atoms with Gasteiger partial charge in [0.05, 0.1) is 6.26 Å². The smallest absolute Gasteiger partial charge is 0.396 e. The fourth-order valence-electron chi connectivity index (χ4n) is 2.55. The summed E-state index contributed by atoms with van der Waals surface area (Å²) in [5.41, 5.74) is 2.40. The van der Waals surface area contributed by atoms with E-state index in [1.807, 2.05) is 35.9 Å². The van der Waals surface area contributed by atoms with Gasteiger partial charge in [-0.3, -0.25) is 9.09 Å². The van der Waals surface area contributed by atoms with Gasteiger partial charge in [-0.2, -0.15) is 4.57 Å². The first-order chi connectivity index (χ1) is 12.6. The molecule has 0 bridgehead atoms. The molecule has 2 aromatic heterocycles. The first-order valence-corrected chi connectivity index (χ1v) is 10.5. The third-order valence-corrected chi connectivity index (χ3v) is 6.04. The van der Waals surface area contributed by atoms with E-state index in [0.717, 1.165) is 25.0 Å². The minimum Gasteiger partial charge on any atom is -0.870 e. The van der Waals surface area contributed by atoms with Gasteiger partial charge < -0.3 is 14.4 Å². The second-order valence-corrected chi connectivity index (χ2v) is 8.20. The monoisotopic (exact) mass is 411 g/mol. The number of allylic oxidation sites excluding steroid dienone is 2. The van der Waals surface area contributed by atoms with E-state index in [9.17, 15) is 4.57 Å². The molecule has 0 saturated heterocycles. The zero-order chi connectivity index (χ0) is 19.0. The third kappa shape index (κ3) is 5.92. The molecule has 0 spiro atoms. The fourth-order valence-corrected chi connectivity index (χ4v) is 4.02. The van der Waals surface area contributed by atoms with Crippen molar-refractivity contribution in [3.05, 3.63) is 54.6 Å². The van der Waals surface area contributed by atoms with Crippen LogP contribution in [0.5, 0.6) is 0 Å². The molecule has 2 aromatic rings. The molecule has 148 valence electrons. The molecule has 1 N–H and O–H groups in total. The van der Waals surface area contributed by atoms with Crippen molar-refractivity contribution in [1.82, 2.24) is 0 Å². The lowest BCUT2D eigenvalue weighted by molar-refractivity contribution is -0.557. The van der Waals surface area contributed by atoms with Crippen molar-refractivity contribution in [1.29, 1.82) is 0 Å². The highest BCUT2D eigenvalue weighted by Crippen LogP contribution is 2.46.